The lowest BCUT2D eigenvalue weighted by Gasteiger charge is -2.26. The first-order chi connectivity index (χ1) is 15.6. The molecule has 1 aromatic heterocycles. The zero-order valence-electron chi connectivity index (χ0n) is 17.6. The van der Waals surface area contributed by atoms with Gasteiger partial charge in [0.25, 0.3) is 5.56 Å². The third-order valence-corrected chi connectivity index (χ3v) is 5.39. The van der Waals surface area contributed by atoms with Crippen LogP contribution in [0.3, 0.4) is 0 Å². The molecule has 0 saturated carbocycles. The van der Waals surface area contributed by atoms with Crippen LogP contribution in [0.15, 0.2) is 53.6 Å². The number of ether oxygens (including phenoxy) is 1. The summed E-state index contributed by atoms with van der Waals surface area (Å²) < 4.78 is 19.8. The van der Waals surface area contributed by atoms with Gasteiger partial charge < -0.3 is 14.8 Å². The monoisotopic (exact) mass is 433 g/mol. The molecular formula is C25H24FN3O3. The van der Waals surface area contributed by atoms with E-state index in [1.165, 1.54) is 6.33 Å². The van der Waals surface area contributed by atoms with Crippen molar-refractivity contribution in [2.45, 2.75) is 19.4 Å². The average molecular weight is 433 g/mol. The minimum Gasteiger partial charge on any atom is -0.502 e. The molecule has 0 spiro atoms. The fourth-order valence-electron chi connectivity index (χ4n) is 3.55. The standard InChI is InChI=1S/C25H24FN3O3/c26-22-15-20(16-29-11-13-32-14-12-29)6-9-21(22)8-5-18-1-3-19(4-2-18)7-10-23-24(30)25(31)28-17-27-23/h1-4,6,9,15,17,30H,7,10-14,16H2,(H,27,28,31). The Bertz CT molecular complexity index is 1190. The van der Waals surface area contributed by atoms with E-state index in [0.717, 1.165) is 43.0 Å². The van der Waals surface area contributed by atoms with Crippen LogP contribution in [0.4, 0.5) is 4.39 Å². The molecule has 0 bridgehead atoms. The second-order valence-electron chi connectivity index (χ2n) is 7.68. The van der Waals surface area contributed by atoms with Crippen LogP contribution < -0.4 is 5.56 Å². The summed E-state index contributed by atoms with van der Waals surface area (Å²) in [5, 5.41) is 9.76. The van der Waals surface area contributed by atoms with Gasteiger partial charge in [0.2, 0.25) is 5.75 Å². The molecule has 0 atom stereocenters. The first-order valence-corrected chi connectivity index (χ1v) is 10.5. The van der Waals surface area contributed by atoms with E-state index in [1.54, 1.807) is 12.1 Å². The number of morpholine rings is 1. The Morgan fingerprint density at radius 1 is 1.06 bits per heavy atom. The highest BCUT2D eigenvalue weighted by molar-refractivity contribution is 5.45. The molecule has 0 unspecified atom stereocenters. The van der Waals surface area contributed by atoms with Crippen molar-refractivity contribution in [3.8, 4) is 17.6 Å². The Labute approximate surface area is 185 Å². The van der Waals surface area contributed by atoms with Crippen molar-refractivity contribution in [1.29, 1.82) is 0 Å². The maximum absolute atomic E-state index is 14.5. The van der Waals surface area contributed by atoms with Gasteiger partial charge in [-0.1, -0.05) is 30.0 Å². The molecule has 1 fully saturated rings. The van der Waals surface area contributed by atoms with E-state index in [9.17, 15) is 14.3 Å². The van der Waals surface area contributed by atoms with Crippen molar-refractivity contribution in [2.75, 3.05) is 26.3 Å². The van der Waals surface area contributed by atoms with Crippen LogP contribution in [-0.4, -0.2) is 46.3 Å². The first-order valence-electron chi connectivity index (χ1n) is 10.5. The fourth-order valence-corrected chi connectivity index (χ4v) is 3.55. The molecule has 0 amide bonds. The quantitative estimate of drug-likeness (QED) is 0.605. The molecule has 0 aliphatic carbocycles. The molecule has 1 aliphatic heterocycles. The number of hydrogen-bond donors (Lipinski definition) is 2. The molecule has 4 rings (SSSR count). The van der Waals surface area contributed by atoms with Crippen molar-refractivity contribution in [3.63, 3.8) is 0 Å². The summed E-state index contributed by atoms with van der Waals surface area (Å²) in [6.07, 6.45) is 2.35. The topological polar surface area (TPSA) is 78.5 Å². The lowest BCUT2D eigenvalue weighted by Crippen LogP contribution is -2.35. The van der Waals surface area contributed by atoms with Crippen LogP contribution in [0.25, 0.3) is 0 Å². The highest BCUT2D eigenvalue weighted by atomic mass is 19.1. The minimum atomic E-state index is -0.540. The lowest BCUT2D eigenvalue weighted by molar-refractivity contribution is 0.0341. The number of hydrogen-bond acceptors (Lipinski definition) is 5. The Morgan fingerprint density at radius 2 is 1.81 bits per heavy atom. The number of nitrogens with one attached hydrogen (secondary N) is 1. The van der Waals surface area contributed by atoms with E-state index in [2.05, 4.69) is 26.7 Å². The van der Waals surface area contributed by atoms with E-state index in [-0.39, 0.29) is 11.6 Å². The molecule has 1 aliphatic rings. The third kappa shape index (κ3) is 5.61. The number of rotatable bonds is 5. The Kier molecular flexibility index (Phi) is 6.95. The smallest absolute Gasteiger partial charge is 0.293 e. The van der Waals surface area contributed by atoms with Crippen molar-refractivity contribution < 1.29 is 14.2 Å². The summed E-state index contributed by atoms with van der Waals surface area (Å²) in [4.78, 5) is 20.0. The minimum absolute atomic E-state index is 0.315. The Hall–Kier alpha value is -3.47. The molecule has 7 heteroatoms. The van der Waals surface area contributed by atoms with Gasteiger partial charge in [0.15, 0.2) is 0 Å². The molecule has 2 N–H and O–H groups in total. The van der Waals surface area contributed by atoms with Gasteiger partial charge in [-0.3, -0.25) is 9.69 Å². The molecule has 1 saturated heterocycles. The lowest BCUT2D eigenvalue weighted by atomic mass is 10.1. The third-order valence-electron chi connectivity index (χ3n) is 5.39. The number of aryl methyl sites for hydroxylation is 2. The highest BCUT2D eigenvalue weighted by Crippen LogP contribution is 2.14. The van der Waals surface area contributed by atoms with Gasteiger partial charge in [0, 0.05) is 25.2 Å². The van der Waals surface area contributed by atoms with E-state index in [0.29, 0.717) is 30.6 Å². The van der Waals surface area contributed by atoms with Crippen LogP contribution in [0, 0.1) is 17.7 Å². The summed E-state index contributed by atoms with van der Waals surface area (Å²) in [5.41, 5.74) is 2.93. The van der Waals surface area contributed by atoms with Crippen molar-refractivity contribution in [2.24, 2.45) is 0 Å². The van der Waals surface area contributed by atoms with Crippen LogP contribution in [-0.2, 0) is 24.1 Å². The normalized spacial score (nSPS) is 14.0. The van der Waals surface area contributed by atoms with E-state index >= 15 is 0 Å². The average Bonchev–Trinajstić information content (AvgIpc) is 2.81. The Balaban J connectivity index is 1.37. The highest BCUT2D eigenvalue weighted by Gasteiger charge is 2.11. The zero-order valence-corrected chi connectivity index (χ0v) is 17.6. The van der Waals surface area contributed by atoms with Crippen molar-refractivity contribution in [3.05, 3.63) is 92.9 Å². The molecule has 2 heterocycles. The van der Waals surface area contributed by atoms with Gasteiger partial charge in [-0.15, -0.1) is 0 Å². The predicted molar refractivity (Wildman–Crippen MR) is 119 cm³/mol. The summed E-state index contributed by atoms with van der Waals surface area (Å²) in [6.45, 7) is 3.87. The fraction of sp³-hybridized carbons (Fsp3) is 0.280. The second kappa shape index (κ2) is 10.2. The van der Waals surface area contributed by atoms with Gasteiger partial charge in [-0.25, -0.2) is 9.37 Å². The molecular weight excluding hydrogens is 409 g/mol. The van der Waals surface area contributed by atoms with E-state index in [1.807, 2.05) is 30.3 Å². The van der Waals surface area contributed by atoms with Gasteiger partial charge >= 0.3 is 0 Å². The molecule has 6 nitrogen and oxygen atoms in total. The molecule has 2 aromatic carbocycles. The van der Waals surface area contributed by atoms with Gasteiger partial charge in [0.05, 0.1) is 30.8 Å². The van der Waals surface area contributed by atoms with Crippen LogP contribution in [0.5, 0.6) is 5.75 Å². The summed E-state index contributed by atoms with van der Waals surface area (Å²) in [7, 11) is 0. The molecule has 3 aromatic rings. The largest absolute Gasteiger partial charge is 0.502 e. The van der Waals surface area contributed by atoms with E-state index < -0.39 is 5.56 Å². The maximum atomic E-state index is 14.5. The number of nitrogens with zero attached hydrogens (tertiary/aromatic N) is 2. The van der Waals surface area contributed by atoms with Gasteiger partial charge in [-0.2, -0.15) is 0 Å². The number of benzene rings is 2. The zero-order chi connectivity index (χ0) is 22.3. The molecule has 32 heavy (non-hydrogen) atoms. The number of halogens is 1. The molecule has 0 radical (unpaired) electrons. The number of aromatic hydroxyl groups is 1. The SMILES string of the molecule is O=c1[nH]cnc(CCc2ccc(C#Cc3ccc(CN4CCOCC4)cc3F)cc2)c1O. The second-order valence-corrected chi connectivity index (χ2v) is 7.68. The first kappa shape index (κ1) is 21.8. The summed E-state index contributed by atoms with van der Waals surface area (Å²) >= 11 is 0. The predicted octanol–water partition coefficient (Wildman–Crippen LogP) is 2.63. The van der Waals surface area contributed by atoms with Crippen LogP contribution in [0.2, 0.25) is 0 Å². The summed E-state index contributed by atoms with van der Waals surface area (Å²) in [5.74, 6) is 5.26. The van der Waals surface area contributed by atoms with Gasteiger partial charge in [0.1, 0.15) is 5.82 Å². The Morgan fingerprint density at radius 3 is 2.56 bits per heavy atom. The maximum Gasteiger partial charge on any atom is 0.293 e. The number of aromatic amines is 1. The van der Waals surface area contributed by atoms with Crippen molar-refractivity contribution >= 4 is 0 Å². The van der Waals surface area contributed by atoms with Crippen LogP contribution >= 0.6 is 0 Å². The number of H-pyrrole nitrogens is 1. The van der Waals surface area contributed by atoms with Gasteiger partial charge in [-0.05, 0) is 48.2 Å². The number of aromatic nitrogens is 2. The summed E-state index contributed by atoms with van der Waals surface area (Å²) in [6, 6.07) is 12.8. The molecule has 164 valence electrons. The van der Waals surface area contributed by atoms with Crippen LogP contribution in [0.1, 0.15) is 27.9 Å². The van der Waals surface area contributed by atoms with Crippen molar-refractivity contribution in [1.82, 2.24) is 14.9 Å². The van der Waals surface area contributed by atoms with E-state index in [4.69, 9.17) is 4.74 Å².